The molecule has 3 aromatic heterocycles. The number of nitrogens with one attached hydrogen (secondary N) is 1. The SMILES string of the molecule is CNC(=O)c1c(-c2ccc(F)cc2)oc2cc(N(C)S(C)(=O)=O)c(-c3ccnc(-c4nc5ccccc5o4)c3)cc12. The molecule has 9 nitrogen and oxygen atoms in total. The van der Waals surface area contributed by atoms with E-state index in [2.05, 4.69) is 15.3 Å². The predicted molar refractivity (Wildman–Crippen MR) is 154 cm³/mol. The number of benzene rings is 3. The number of nitrogens with zero attached hydrogens (tertiary/aromatic N) is 3. The second-order valence-electron chi connectivity index (χ2n) is 9.40. The largest absolute Gasteiger partial charge is 0.455 e. The molecule has 0 saturated heterocycles. The number of furan rings is 1. The summed E-state index contributed by atoms with van der Waals surface area (Å²) >= 11 is 0. The number of halogens is 1. The summed E-state index contributed by atoms with van der Waals surface area (Å²) in [6.07, 6.45) is 2.67. The van der Waals surface area contributed by atoms with Crippen molar-refractivity contribution in [2.24, 2.45) is 0 Å². The van der Waals surface area contributed by atoms with Crippen LogP contribution in [0.3, 0.4) is 0 Å². The van der Waals surface area contributed by atoms with Crippen LogP contribution in [0.5, 0.6) is 0 Å². The van der Waals surface area contributed by atoms with Gasteiger partial charge in [0.1, 0.15) is 28.4 Å². The summed E-state index contributed by atoms with van der Waals surface area (Å²) in [5.74, 6) is -0.315. The van der Waals surface area contributed by atoms with Gasteiger partial charge in [0.15, 0.2) is 5.58 Å². The van der Waals surface area contributed by atoms with Crippen LogP contribution in [0.4, 0.5) is 10.1 Å². The molecule has 0 aliphatic rings. The molecule has 6 rings (SSSR count). The average molecular weight is 571 g/mol. The molecule has 0 aliphatic heterocycles. The fourth-order valence-electron chi connectivity index (χ4n) is 4.65. The Bertz CT molecular complexity index is 2030. The van der Waals surface area contributed by atoms with Crippen molar-refractivity contribution < 1.29 is 26.4 Å². The third kappa shape index (κ3) is 4.70. The molecule has 3 aromatic carbocycles. The minimum Gasteiger partial charge on any atom is -0.455 e. The molecule has 3 heterocycles. The van der Waals surface area contributed by atoms with E-state index in [1.807, 2.05) is 18.2 Å². The Balaban J connectivity index is 1.61. The van der Waals surface area contributed by atoms with Crippen molar-refractivity contribution in [1.82, 2.24) is 15.3 Å². The number of para-hydroxylation sites is 2. The van der Waals surface area contributed by atoms with Gasteiger partial charge in [-0.05, 0) is 60.2 Å². The molecule has 1 amide bonds. The second-order valence-corrected chi connectivity index (χ2v) is 11.4. The van der Waals surface area contributed by atoms with E-state index in [4.69, 9.17) is 8.83 Å². The number of oxazole rings is 1. The molecule has 6 aromatic rings. The van der Waals surface area contributed by atoms with Crippen molar-refractivity contribution in [3.05, 3.63) is 90.4 Å². The first-order valence-electron chi connectivity index (χ1n) is 12.5. The van der Waals surface area contributed by atoms with E-state index < -0.39 is 21.7 Å². The maximum Gasteiger partial charge on any atom is 0.255 e. The van der Waals surface area contributed by atoms with Crippen LogP contribution in [-0.2, 0) is 10.0 Å². The highest BCUT2D eigenvalue weighted by molar-refractivity contribution is 7.92. The Kier molecular flexibility index (Phi) is 6.30. The fourth-order valence-corrected chi connectivity index (χ4v) is 5.16. The van der Waals surface area contributed by atoms with E-state index >= 15 is 0 Å². The summed E-state index contributed by atoms with van der Waals surface area (Å²) in [5.41, 5.74) is 4.16. The Hall–Kier alpha value is -5.03. The van der Waals surface area contributed by atoms with E-state index in [-0.39, 0.29) is 16.9 Å². The van der Waals surface area contributed by atoms with Crippen LogP contribution in [0, 0.1) is 5.82 Å². The first kappa shape index (κ1) is 26.2. The van der Waals surface area contributed by atoms with Gasteiger partial charge in [0.05, 0.1) is 17.5 Å². The third-order valence-corrected chi connectivity index (χ3v) is 7.98. The minimum atomic E-state index is -3.69. The van der Waals surface area contributed by atoms with Crippen LogP contribution in [0.25, 0.3) is 56.1 Å². The van der Waals surface area contributed by atoms with Crippen LogP contribution < -0.4 is 9.62 Å². The lowest BCUT2D eigenvalue weighted by Gasteiger charge is -2.20. The van der Waals surface area contributed by atoms with Gasteiger partial charge in [0.2, 0.25) is 15.9 Å². The van der Waals surface area contributed by atoms with Crippen LogP contribution in [-0.4, -0.2) is 44.6 Å². The number of hydrogen-bond acceptors (Lipinski definition) is 7. The summed E-state index contributed by atoms with van der Waals surface area (Å²) in [5, 5.41) is 3.08. The predicted octanol–water partition coefficient (Wildman–Crippen LogP) is 5.86. The van der Waals surface area contributed by atoms with E-state index in [1.54, 1.807) is 36.5 Å². The number of pyridine rings is 1. The molecule has 0 bridgehead atoms. The lowest BCUT2D eigenvalue weighted by Crippen LogP contribution is -2.25. The van der Waals surface area contributed by atoms with Crippen molar-refractivity contribution in [1.29, 1.82) is 0 Å². The summed E-state index contributed by atoms with van der Waals surface area (Å²) in [6, 6.07) is 19.7. The molecule has 0 spiro atoms. The molecule has 0 aliphatic carbocycles. The standard InChI is InChI=1S/C30H23FN4O5S/c1-32-29(36)27-21-15-20(18-12-13-33-23(14-18)30-34-22-6-4-5-7-25(22)40-30)24(35(2)41(3,37)38)16-26(21)39-28(27)17-8-10-19(31)11-9-17/h4-16H,1-3H3,(H,32,36). The van der Waals surface area contributed by atoms with Crippen LogP contribution in [0.15, 0.2) is 87.8 Å². The molecular weight excluding hydrogens is 547 g/mol. The van der Waals surface area contributed by atoms with Gasteiger partial charge < -0.3 is 14.2 Å². The topological polar surface area (TPSA) is 119 Å². The average Bonchev–Trinajstić information content (AvgIpc) is 3.57. The minimum absolute atomic E-state index is 0.228. The van der Waals surface area contributed by atoms with Crippen molar-refractivity contribution in [2.45, 2.75) is 0 Å². The Morgan fingerprint density at radius 2 is 1.71 bits per heavy atom. The van der Waals surface area contributed by atoms with Gasteiger partial charge in [-0.2, -0.15) is 0 Å². The van der Waals surface area contributed by atoms with Crippen LogP contribution in [0.1, 0.15) is 10.4 Å². The van der Waals surface area contributed by atoms with Gasteiger partial charge in [0.25, 0.3) is 5.91 Å². The van der Waals surface area contributed by atoms with Gasteiger partial charge in [-0.1, -0.05) is 12.1 Å². The molecule has 206 valence electrons. The number of aromatic nitrogens is 2. The molecule has 11 heteroatoms. The zero-order chi connectivity index (χ0) is 28.9. The number of carbonyl (C=O) groups is 1. The second kappa shape index (κ2) is 9.86. The number of fused-ring (bicyclic) bond motifs is 2. The van der Waals surface area contributed by atoms with Crippen molar-refractivity contribution in [3.8, 4) is 34.0 Å². The first-order valence-corrected chi connectivity index (χ1v) is 14.3. The van der Waals surface area contributed by atoms with Gasteiger partial charge in [0, 0.05) is 42.9 Å². The van der Waals surface area contributed by atoms with E-state index in [1.165, 1.54) is 38.4 Å². The summed E-state index contributed by atoms with van der Waals surface area (Å²) < 4.78 is 52.2. The summed E-state index contributed by atoms with van der Waals surface area (Å²) in [7, 11) is -0.757. The van der Waals surface area contributed by atoms with Crippen LogP contribution >= 0.6 is 0 Å². The highest BCUT2D eigenvalue weighted by Gasteiger charge is 2.26. The van der Waals surface area contributed by atoms with Gasteiger partial charge in [-0.25, -0.2) is 17.8 Å². The molecule has 1 N–H and O–H groups in total. The number of anilines is 1. The summed E-state index contributed by atoms with van der Waals surface area (Å²) in [6.45, 7) is 0. The molecule has 0 saturated carbocycles. The quantitative estimate of drug-likeness (QED) is 0.266. The highest BCUT2D eigenvalue weighted by Crippen LogP contribution is 2.41. The smallest absolute Gasteiger partial charge is 0.255 e. The maximum absolute atomic E-state index is 13.7. The molecule has 41 heavy (non-hydrogen) atoms. The number of amides is 1. The maximum atomic E-state index is 13.7. The van der Waals surface area contributed by atoms with Gasteiger partial charge in [-0.15, -0.1) is 0 Å². The number of sulfonamides is 1. The monoisotopic (exact) mass is 570 g/mol. The molecule has 0 radical (unpaired) electrons. The zero-order valence-electron chi connectivity index (χ0n) is 22.2. The fraction of sp³-hybridized carbons (Fsp3) is 0.100. The Labute approximate surface area is 234 Å². The highest BCUT2D eigenvalue weighted by atomic mass is 32.2. The molecule has 0 unspecified atom stereocenters. The molecular formula is C30H23FN4O5S. The lowest BCUT2D eigenvalue weighted by atomic mass is 9.98. The van der Waals surface area contributed by atoms with Gasteiger partial charge in [-0.3, -0.25) is 14.1 Å². The number of hydrogen-bond donors (Lipinski definition) is 1. The van der Waals surface area contributed by atoms with E-state index in [9.17, 15) is 17.6 Å². The van der Waals surface area contributed by atoms with E-state index in [0.29, 0.717) is 50.4 Å². The third-order valence-electron chi connectivity index (χ3n) is 6.79. The first-order chi connectivity index (χ1) is 19.6. The lowest BCUT2D eigenvalue weighted by molar-refractivity contribution is 0.0964. The van der Waals surface area contributed by atoms with Gasteiger partial charge >= 0.3 is 0 Å². The van der Waals surface area contributed by atoms with Crippen molar-refractivity contribution >= 4 is 43.7 Å². The molecule has 0 atom stereocenters. The number of rotatable bonds is 6. The normalized spacial score (nSPS) is 11.7. The Morgan fingerprint density at radius 1 is 0.951 bits per heavy atom. The Morgan fingerprint density at radius 3 is 2.41 bits per heavy atom. The van der Waals surface area contributed by atoms with Crippen molar-refractivity contribution in [3.63, 3.8) is 0 Å². The molecule has 0 fully saturated rings. The summed E-state index contributed by atoms with van der Waals surface area (Å²) in [4.78, 5) is 22.1. The van der Waals surface area contributed by atoms with E-state index in [0.717, 1.165) is 10.6 Å². The number of carbonyl (C=O) groups excluding carboxylic acids is 1. The van der Waals surface area contributed by atoms with Crippen molar-refractivity contribution in [2.75, 3.05) is 24.7 Å². The zero-order valence-corrected chi connectivity index (χ0v) is 23.0. The van der Waals surface area contributed by atoms with Crippen LogP contribution in [0.2, 0.25) is 0 Å².